The van der Waals surface area contributed by atoms with E-state index in [4.69, 9.17) is 0 Å². The first-order chi connectivity index (χ1) is 8.45. The predicted molar refractivity (Wildman–Crippen MR) is 72.5 cm³/mol. The number of rotatable bonds is 6. The largest absolute Gasteiger partial charge is 0.373 e. The molecule has 0 saturated carbocycles. The van der Waals surface area contributed by atoms with Crippen LogP contribution in [-0.4, -0.2) is 39.2 Å². The van der Waals surface area contributed by atoms with E-state index < -0.39 is 15.7 Å². The van der Waals surface area contributed by atoms with E-state index in [0.29, 0.717) is 12.4 Å². The summed E-state index contributed by atoms with van der Waals surface area (Å²) < 4.78 is 11.2. The lowest BCUT2D eigenvalue weighted by Gasteiger charge is -2.11. The Labute approximate surface area is 108 Å². The van der Waals surface area contributed by atoms with Crippen LogP contribution in [0, 0.1) is 10.1 Å². The fraction of sp³-hybridized carbons (Fsp3) is 0.500. The van der Waals surface area contributed by atoms with E-state index in [-0.39, 0.29) is 16.8 Å². The van der Waals surface area contributed by atoms with Crippen molar-refractivity contribution in [1.82, 2.24) is 4.98 Å². The average molecular weight is 272 g/mol. The zero-order valence-corrected chi connectivity index (χ0v) is 11.3. The third-order valence-electron chi connectivity index (χ3n) is 2.45. The van der Waals surface area contributed by atoms with Gasteiger partial charge in [-0.15, -0.1) is 0 Å². The average Bonchev–Trinajstić information content (AvgIpc) is 2.34. The summed E-state index contributed by atoms with van der Waals surface area (Å²) in [7, 11) is 0.698. The van der Waals surface area contributed by atoms with E-state index in [1.54, 1.807) is 20.2 Å². The Morgan fingerprint density at radius 2 is 2.22 bits per heavy atom. The standard InChI is InChI=1S/C10H16N4O3S/c1-7(18(3)17)6-12-10-8(14(15)16)4-5-9(11-2)13-10/h4-5,7H,6H2,1-3H3,(H2,11,12,13). The summed E-state index contributed by atoms with van der Waals surface area (Å²) in [5.74, 6) is 0.720. The molecule has 1 rings (SSSR count). The first-order valence-corrected chi connectivity index (χ1v) is 6.97. The van der Waals surface area contributed by atoms with Gasteiger partial charge in [0.25, 0.3) is 0 Å². The Balaban J connectivity index is 2.90. The van der Waals surface area contributed by atoms with E-state index in [9.17, 15) is 14.3 Å². The highest BCUT2D eigenvalue weighted by Gasteiger charge is 2.17. The summed E-state index contributed by atoms with van der Waals surface area (Å²) in [6.07, 6.45) is 1.60. The second-order valence-electron chi connectivity index (χ2n) is 3.76. The van der Waals surface area contributed by atoms with E-state index in [2.05, 4.69) is 15.6 Å². The van der Waals surface area contributed by atoms with Gasteiger partial charge in [-0.1, -0.05) is 0 Å². The number of pyridine rings is 1. The first-order valence-electron chi connectivity index (χ1n) is 5.35. The summed E-state index contributed by atoms with van der Waals surface area (Å²) >= 11 is 0. The highest BCUT2D eigenvalue weighted by molar-refractivity contribution is 7.84. The third-order valence-corrected chi connectivity index (χ3v) is 3.75. The van der Waals surface area contributed by atoms with Gasteiger partial charge in [-0.25, -0.2) is 4.98 Å². The maximum atomic E-state index is 11.2. The molecule has 0 bridgehead atoms. The third kappa shape index (κ3) is 3.66. The normalized spacial score (nSPS) is 13.7. The number of hydrogen-bond acceptors (Lipinski definition) is 6. The summed E-state index contributed by atoms with van der Waals surface area (Å²) in [5.41, 5.74) is -0.0944. The van der Waals surface area contributed by atoms with Gasteiger partial charge in [0.1, 0.15) is 5.82 Å². The Kier molecular flexibility index (Phi) is 5.02. The van der Waals surface area contributed by atoms with E-state index in [0.717, 1.165) is 0 Å². The molecule has 8 heteroatoms. The lowest BCUT2D eigenvalue weighted by Crippen LogP contribution is -2.21. The number of nitrogens with zero attached hydrogens (tertiary/aromatic N) is 2. The van der Waals surface area contributed by atoms with E-state index in [1.165, 1.54) is 12.1 Å². The van der Waals surface area contributed by atoms with Crippen LogP contribution in [0.3, 0.4) is 0 Å². The minimum atomic E-state index is -0.984. The summed E-state index contributed by atoms with van der Waals surface area (Å²) in [6, 6.07) is 2.92. The molecule has 2 N–H and O–H groups in total. The Morgan fingerprint density at radius 1 is 1.56 bits per heavy atom. The van der Waals surface area contributed by atoms with Gasteiger partial charge in [0.05, 0.1) is 4.92 Å². The fourth-order valence-corrected chi connectivity index (χ4v) is 1.54. The van der Waals surface area contributed by atoms with E-state index in [1.807, 2.05) is 0 Å². The SMILES string of the molecule is CNc1ccc([N+](=O)[O-])c(NCC(C)S(C)=O)n1. The molecule has 100 valence electrons. The van der Waals surface area contributed by atoms with Crippen LogP contribution in [-0.2, 0) is 10.8 Å². The Hall–Kier alpha value is -1.70. The molecule has 1 aromatic heterocycles. The maximum Gasteiger partial charge on any atom is 0.311 e. The second kappa shape index (κ2) is 6.29. The van der Waals surface area contributed by atoms with E-state index >= 15 is 0 Å². The van der Waals surface area contributed by atoms with Crippen molar-refractivity contribution < 1.29 is 9.13 Å². The van der Waals surface area contributed by atoms with Gasteiger partial charge in [0.15, 0.2) is 0 Å². The van der Waals surface area contributed by atoms with Crippen LogP contribution in [0.15, 0.2) is 12.1 Å². The topological polar surface area (TPSA) is 97.2 Å². The molecule has 18 heavy (non-hydrogen) atoms. The van der Waals surface area contributed by atoms with Gasteiger partial charge in [-0.3, -0.25) is 14.3 Å². The summed E-state index contributed by atoms with van der Waals surface area (Å²) in [5, 5.41) is 16.4. The molecule has 2 unspecified atom stereocenters. The molecule has 2 atom stereocenters. The molecule has 0 aliphatic rings. The Bertz CT molecular complexity index is 466. The quantitative estimate of drug-likeness (QED) is 0.596. The molecule has 1 aromatic rings. The lowest BCUT2D eigenvalue weighted by atomic mass is 10.3. The number of anilines is 2. The maximum absolute atomic E-state index is 11.2. The smallest absolute Gasteiger partial charge is 0.311 e. The molecule has 0 aliphatic carbocycles. The van der Waals surface area contributed by atoms with Crippen molar-refractivity contribution in [3.63, 3.8) is 0 Å². The zero-order chi connectivity index (χ0) is 13.7. The van der Waals surface area contributed by atoms with Crippen LogP contribution in [0.2, 0.25) is 0 Å². The molecule has 0 aliphatic heterocycles. The van der Waals surface area contributed by atoms with Crippen molar-refractivity contribution >= 4 is 28.1 Å². The second-order valence-corrected chi connectivity index (χ2v) is 5.56. The van der Waals surface area contributed by atoms with Crippen molar-refractivity contribution in [2.45, 2.75) is 12.2 Å². The molecule has 0 aromatic carbocycles. The van der Waals surface area contributed by atoms with Gasteiger partial charge in [-0.05, 0) is 13.0 Å². The van der Waals surface area contributed by atoms with Crippen molar-refractivity contribution in [2.24, 2.45) is 0 Å². The molecular weight excluding hydrogens is 256 g/mol. The molecule has 0 fully saturated rings. The summed E-state index contributed by atoms with van der Waals surface area (Å²) in [4.78, 5) is 14.4. The minimum absolute atomic E-state index is 0.0944. The molecule has 0 spiro atoms. The van der Waals surface area contributed by atoms with Crippen LogP contribution >= 0.6 is 0 Å². The molecule has 0 saturated heterocycles. The van der Waals surface area contributed by atoms with Gasteiger partial charge < -0.3 is 10.6 Å². The molecule has 7 nitrogen and oxygen atoms in total. The highest BCUT2D eigenvalue weighted by atomic mass is 32.2. The number of nitro groups is 1. The summed E-state index contributed by atoms with van der Waals surface area (Å²) in [6.45, 7) is 2.17. The van der Waals surface area contributed by atoms with Gasteiger partial charge in [-0.2, -0.15) is 0 Å². The van der Waals surface area contributed by atoms with Crippen LogP contribution in [0.5, 0.6) is 0 Å². The van der Waals surface area contributed by atoms with Gasteiger partial charge in [0, 0.05) is 42.0 Å². The number of aromatic nitrogens is 1. The van der Waals surface area contributed by atoms with Crippen molar-refractivity contribution in [2.75, 3.05) is 30.5 Å². The number of nitrogens with one attached hydrogen (secondary N) is 2. The van der Waals surface area contributed by atoms with Gasteiger partial charge in [0.2, 0.25) is 5.82 Å². The van der Waals surface area contributed by atoms with Crippen LogP contribution in [0.4, 0.5) is 17.3 Å². The van der Waals surface area contributed by atoms with Crippen LogP contribution in [0.25, 0.3) is 0 Å². The van der Waals surface area contributed by atoms with Gasteiger partial charge >= 0.3 is 5.69 Å². The molecule has 0 radical (unpaired) electrons. The van der Waals surface area contributed by atoms with Crippen molar-refractivity contribution in [3.05, 3.63) is 22.2 Å². The number of hydrogen-bond donors (Lipinski definition) is 2. The zero-order valence-electron chi connectivity index (χ0n) is 10.5. The predicted octanol–water partition coefficient (Wildman–Crippen LogP) is 1.21. The minimum Gasteiger partial charge on any atom is -0.373 e. The van der Waals surface area contributed by atoms with Crippen molar-refractivity contribution in [3.8, 4) is 0 Å². The lowest BCUT2D eigenvalue weighted by molar-refractivity contribution is -0.384. The molecule has 0 amide bonds. The first kappa shape index (κ1) is 14.4. The molecule has 1 heterocycles. The highest BCUT2D eigenvalue weighted by Crippen LogP contribution is 2.23. The van der Waals surface area contributed by atoms with Crippen molar-refractivity contribution in [1.29, 1.82) is 0 Å². The van der Waals surface area contributed by atoms with Crippen LogP contribution < -0.4 is 10.6 Å². The molecular formula is C10H16N4O3S. The monoisotopic (exact) mass is 272 g/mol. The van der Waals surface area contributed by atoms with Crippen LogP contribution in [0.1, 0.15) is 6.92 Å². The Morgan fingerprint density at radius 3 is 2.72 bits per heavy atom. The fourth-order valence-electron chi connectivity index (χ4n) is 1.23.